The van der Waals surface area contributed by atoms with Gasteiger partial charge in [0, 0.05) is 13.1 Å². The van der Waals surface area contributed by atoms with E-state index in [0.717, 1.165) is 6.08 Å². The number of hydrogen-bond donors (Lipinski definition) is 1. The first-order chi connectivity index (χ1) is 10.1. The van der Waals surface area contributed by atoms with E-state index in [0.29, 0.717) is 26.3 Å². The van der Waals surface area contributed by atoms with Crippen LogP contribution in [-0.4, -0.2) is 61.9 Å². The molecule has 2 rings (SSSR count). The molecule has 0 atom stereocenters. The van der Waals surface area contributed by atoms with E-state index in [9.17, 15) is 14.4 Å². The minimum Gasteiger partial charge on any atom is -0.466 e. The Morgan fingerprint density at radius 3 is 2.76 bits per heavy atom. The van der Waals surface area contributed by atoms with E-state index >= 15 is 0 Å². The minimum absolute atomic E-state index is 0.0861. The number of carbonyl (C=O) groups is 3. The summed E-state index contributed by atoms with van der Waals surface area (Å²) in [5, 5.41) is 6.01. The summed E-state index contributed by atoms with van der Waals surface area (Å²) in [5.41, 5.74) is 0. The lowest BCUT2D eigenvalue weighted by atomic mass is 10.3. The highest BCUT2D eigenvalue weighted by Crippen LogP contribution is 2.08. The van der Waals surface area contributed by atoms with E-state index in [1.807, 2.05) is 0 Å². The highest BCUT2D eigenvalue weighted by Gasteiger charge is 2.25. The van der Waals surface area contributed by atoms with Gasteiger partial charge in [-0.3, -0.25) is 9.59 Å². The van der Waals surface area contributed by atoms with Gasteiger partial charge in [0.15, 0.2) is 5.84 Å². The number of methoxy groups -OCH3 is 1. The fourth-order valence-corrected chi connectivity index (χ4v) is 1.76. The minimum atomic E-state index is -0.733. The van der Waals surface area contributed by atoms with Crippen LogP contribution in [0.15, 0.2) is 17.0 Å². The standard InChI is InChI=1S/C12H15N3O6/c1-19-11(17)6-8-12(18)13-9(14-21-8)7-10(16)15-2-4-20-5-3-15/h6H,2-5,7H2,1H3,(H,13,14,18)/b8-6+. The molecule has 0 spiro atoms. The molecule has 2 aliphatic heterocycles. The highest BCUT2D eigenvalue weighted by atomic mass is 16.6. The van der Waals surface area contributed by atoms with Crippen LogP contribution in [0, 0.1) is 0 Å². The Hall–Kier alpha value is -2.42. The van der Waals surface area contributed by atoms with Gasteiger partial charge in [-0.2, -0.15) is 0 Å². The van der Waals surface area contributed by atoms with Crippen molar-refractivity contribution in [1.29, 1.82) is 0 Å². The Balaban J connectivity index is 1.93. The highest BCUT2D eigenvalue weighted by molar-refractivity contribution is 6.12. The second-order valence-electron chi connectivity index (χ2n) is 4.29. The first-order valence-corrected chi connectivity index (χ1v) is 6.30. The van der Waals surface area contributed by atoms with Crippen molar-refractivity contribution >= 4 is 23.6 Å². The maximum Gasteiger partial charge on any atom is 0.334 e. The number of ether oxygens (including phenoxy) is 2. The van der Waals surface area contributed by atoms with E-state index in [1.165, 1.54) is 7.11 Å². The van der Waals surface area contributed by atoms with Gasteiger partial charge in [0.25, 0.3) is 5.91 Å². The van der Waals surface area contributed by atoms with Crippen LogP contribution in [0.1, 0.15) is 6.42 Å². The lowest BCUT2D eigenvalue weighted by molar-refractivity contribution is -0.136. The predicted molar refractivity (Wildman–Crippen MR) is 68.8 cm³/mol. The predicted octanol–water partition coefficient (Wildman–Crippen LogP) is -1.25. The molecular formula is C12H15N3O6. The quantitative estimate of drug-likeness (QED) is 0.515. The molecule has 9 nitrogen and oxygen atoms in total. The summed E-state index contributed by atoms with van der Waals surface area (Å²) in [4.78, 5) is 41.1. The summed E-state index contributed by atoms with van der Waals surface area (Å²) in [6.45, 7) is 2.00. The number of carbonyl (C=O) groups excluding carboxylic acids is 3. The van der Waals surface area contributed by atoms with Gasteiger partial charge < -0.3 is 24.5 Å². The van der Waals surface area contributed by atoms with Gasteiger partial charge in [-0.1, -0.05) is 5.16 Å². The summed E-state index contributed by atoms with van der Waals surface area (Å²) in [6, 6.07) is 0. The zero-order valence-electron chi connectivity index (χ0n) is 11.5. The summed E-state index contributed by atoms with van der Waals surface area (Å²) in [5.74, 6) is -1.76. The molecule has 0 saturated carbocycles. The molecule has 0 aromatic carbocycles. The molecular weight excluding hydrogens is 282 g/mol. The van der Waals surface area contributed by atoms with Crippen molar-refractivity contribution in [1.82, 2.24) is 10.2 Å². The van der Waals surface area contributed by atoms with Crippen LogP contribution in [-0.2, 0) is 28.7 Å². The Morgan fingerprint density at radius 1 is 1.43 bits per heavy atom. The summed E-state index contributed by atoms with van der Waals surface area (Å²) < 4.78 is 9.52. The van der Waals surface area contributed by atoms with Crippen LogP contribution in [0.4, 0.5) is 0 Å². The maximum atomic E-state index is 12.0. The SMILES string of the molecule is COC(=O)/C=C1/ON=C(CC(=O)N2CCOCC2)NC1=O. The molecule has 0 bridgehead atoms. The first-order valence-electron chi connectivity index (χ1n) is 6.30. The molecule has 0 aromatic heterocycles. The van der Waals surface area contributed by atoms with Crippen molar-refractivity contribution in [3.05, 3.63) is 11.8 Å². The molecule has 114 valence electrons. The lowest BCUT2D eigenvalue weighted by Gasteiger charge is -2.27. The van der Waals surface area contributed by atoms with Crippen LogP contribution in [0.5, 0.6) is 0 Å². The molecule has 1 saturated heterocycles. The number of esters is 1. The van der Waals surface area contributed by atoms with E-state index in [1.54, 1.807) is 4.90 Å². The van der Waals surface area contributed by atoms with E-state index in [2.05, 4.69) is 15.2 Å². The molecule has 9 heteroatoms. The van der Waals surface area contributed by atoms with Crippen molar-refractivity contribution in [2.24, 2.45) is 5.16 Å². The number of oxime groups is 1. The maximum absolute atomic E-state index is 12.0. The number of amidine groups is 1. The summed E-state index contributed by atoms with van der Waals surface area (Å²) in [6.07, 6.45) is 0.788. The normalized spacial score (nSPS) is 20.4. The van der Waals surface area contributed by atoms with Gasteiger partial charge in [-0.05, 0) is 0 Å². The van der Waals surface area contributed by atoms with Crippen LogP contribution in [0.3, 0.4) is 0 Å². The molecule has 21 heavy (non-hydrogen) atoms. The summed E-state index contributed by atoms with van der Waals surface area (Å²) in [7, 11) is 1.18. The number of nitrogens with zero attached hydrogens (tertiary/aromatic N) is 2. The number of nitrogens with one attached hydrogen (secondary N) is 1. The van der Waals surface area contributed by atoms with Crippen molar-refractivity contribution in [2.45, 2.75) is 6.42 Å². The molecule has 2 aliphatic rings. The third kappa shape index (κ3) is 4.02. The zero-order chi connectivity index (χ0) is 15.2. The van der Waals surface area contributed by atoms with Gasteiger partial charge in [-0.25, -0.2) is 4.79 Å². The molecule has 1 fully saturated rings. The van der Waals surface area contributed by atoms with Gasteiger partial charge in [0.05, 0.1) is 32.8 Å². The number of rotatable bonds is 3. The Kier molecular flexibility index (Phi) is 4.88. The average molecular weight is 297 g/mol. The van der Waals surface area contributed by atoms with Gasteiger partial charge >= 0.3 is 5.97 Å². The number of hydrogen-bond acceptors (Lipinski definition) is 7. The molecule has 0 unspecified atom stereocenters. The Bertz CT molecular complexity index is 507. The van der Waals surface area contributed by atoms with Gasteiger partial charge in [0.2, 0.25) is 11.7 Å². The fourth-order valence-electron chi connectivity index (χ4n) is 1.76. The number of amides is 2. The third-order valence-corrected chi connectivity index (χ3v) is 2.87. The average Bonchev–Trinajstić information content (AvgIpc) is 2.50. The van der Waals surface area contributed by atoms with Gasteiger partial charge in [0.1, 0.15) is 0 Å². The molecule has 0 aromatic rings. The lowest BCUT2D eigenvalue weighted by Crippen LogP contribution is -2.44. The summed E-state index contributed by atoms with van der Waals surface area (Å²) >= 11 is 0. The molecule has 0 radical (unpaired) electrons. The van der Waals surface area contributed by atoms with Crippen LogP contribution in [0.2, 0.25) is 0 Å². The van der Waals surface area contributed by atoms with E-state index < -0.39 is 11.9 Å². The van der Waals surface area contributed by atoms with Crippen molar-refractivity contribution in [3.63, 3.8) is 0 Å². The second-order valence-corrected chi connectivity index (χ2v) is 4.29. The van der Waals surface area contributed by atoms with Crippen LogP contribution < -0.4 is 5.32 Å². The molecule has 2 amide bonds. The zero-order valence-corrected chi connectivity index (χ0v) is 11.5. The topological polar surface area (TPSA) is 107 Å². The van der Waals surface area contributed by atoms with Crippen LogP contribution in [0.25, 0.3) is 0 Å². The molecule has 1 N–H and O–H groups in total. The molecule has 0 aliphatic carbocycles. The van der Waals surface area contributed by atoms with Crippen molar-refractivity contribution in [3.8, 4) is 0 Å². The second kappa shape index (κ2) is 6.84. The number of morpholine rings is 1. The van der Waals surface area contributed by atoms with Crippen molar-refractivity contribution < 1.29 is 28.7 Å². The Labute approximate surface area is 120 Å². The third-order valence-electron chi connectivity index (χ3n) is 2.87. The monoisotopic (exact) mass is 297 g/mol. The molecule has 2 heterocycles. The van der Waals surface area contributed by atoms with Gasteiger partial charge in [-0.15, -0.1) is 0 Å². The smallest absolute Gasteiger partial charge is 0.334 e. The fraction of sp³-hybridized carbons (Fsp3) is 0.500. The van der Waals surface area contributed by atoms with Crippen LogP contribution >= 0.6 is 0 Å². The largest absolute Gasteiger partial charge is 0.466 e. The first kappa shape index (κ1) is 15.0. The Morgan fingerprint density at radius 2 is 2.14 bits per heavy atom. The van der Waals surface area contributed by atoms with E-state index in [4.69, 9.17) is 9.57 Å². The van der Waals surface area contributed by atoms with Crippen molar-refractivity contribution in [2.75, 3.05) is 33.4 Å². The van der Waals surface area contributed by atoms with E-state index in [-0.39, 0.29) is 23.9 Å².